The van der Waals surface area contributed by atoms with E-state index in [0.29, 0.717) is 23.9 Å². The van der Waals surface area contributed by atoms with Gasteiger partial charge in [-0.25, -0.2) is 4.57 Å². The van der Waals surface area contributed by atoms with Gasteiger partial charge in [0.15, 0.2) is 6.10 Å². The topological polar surface area (TPSA) is 108 Å². The summed E-state index contributed by atoms with van der Waals surface area (Å²) >= 11 is 0. The van der Waals surface area contributed by atoms with Gasteiger partial charge < -0.3 is 18.9 Å². The minimum absolute atomic E-state index is 0.0262. The van der Waals surface area contributed by atoms with Crippen molar-refractivity contribution in [2.45, 2.75) is 251 Å². The van der Waals surface area contributed by atoms with Crippen LogP contribution in [0, 0.1) is 0 Å². The molecule has 0 radical (unpaired) electrons. The molecule has 0 amide bonds. The Kier molecular flexibility index (Phi) is 43.6. The zero-order valence-corrected chi connectivity index (χ0v) is 42.3. The first-order valence-corrected chi connectivity index (χ1v) is 27.6. The third kappa shape index (κ3) is 48.0. The molecule has 10 heteroatoms. The van der Waals surface area contributed by atoms with Crippen LogP contribution in [-0.4, -0.2) is 74.9 Å². The van der Waals surface area contributed by atoms with Gasteiger partial charge in [-0.2, -0.15) is 0 Å². The Labute approximate surface area is 383 Å². The molecule has 0 aliphatic heterocycles. The molecule has 0 saturated heterocycles. The van der Waals surface area contributed by atoms with Crippen LogP contribution >= 0.6 is 7.82 Å². The summed E-state index contributed by atoms with van der Waals surface area (Å²) < 4.78 is 34.4. The Morgan fingerprint density at radius 1 is 0.484 bits per heavy atom. The molecule has 9 nitrogen and oxygen atoms in total. The third-order valence-electron chi connectivity index (χ3n) is 11.5. The second-order valence-corrected chi connectivity index (χ2v) is 20.4. The number of likely N-dealkylation sites (N-methyl/N-ethyl adjacent to an activating group) is 1. The van der Waals surface area contributed by atoms with E-state index in [0.717, 1.165) is 32.1 Å². The fourth-order valence-corrected chi connectivity index (χ4v) is 8.11. The predicted octanol–water partition coefficient (Wildman–Crippen LogP) is 15.5. The number of hydrogen-bond acceptors (Lipinski definition) is 7. The molecular weight excluding hydrogens is 798 g/mol. The van der Waals surface area contributed by atoms with Crippen LogP contribution in [0.2, 0.25) is 0 Å². The normalized spacial score (nSPS) is 13.6. The summed E-state index contributed by atoms with van der Waals surface area (Å²) in [5, 5.41) is 0. The number of quaternary nitrogens is 1. The first-order chi connectivity index (χ1) is 30.0. The molecule has 0 aliphatic rings. The molecule has 1 N–H and O–H groups in total. The standard InChI is InChI=1S/C52H100NO8P/c1-6-8-10-12-14-16-18-20-22-23-24-25-26-27-28-29-31-32-34-36-38-40-42-44-51(54)58-48-50(49-60-62(56,57)59-47-46-53(3,4)5)61-52(55)45-43-41-39-37-35-33-30-21-19-17-15-13-11-9-7-2/h35-38,50H,6-34,39-49H2,1-5H3/p+1/b37-35+,38-36+/t50-/m0/s1. The van der Waals surface area contributed by atoms with Crippen molar-refractivity contribution in [3.8, 4) is 0 Å². The molecule has 0 aliphatic carbocycles. The van der Waals surface area contributed by atoms with Crippen molar-refractivity contribution in [2.24, 2.45) is 0 Å². The zero-order valence-electron chi connectivity index (χ0n) is 41.4. The van der Waals surface area contributed by atoms with Gasteiger partial charge in [0.05, 0.1) is 27.7 Å². The first-order valence-electron chi connectivity index (χ1n) is 26.1. The molecule has 62 heavy (non-hydrogen) atoms. The molecular formula is C52H101NO8P+. The lowest BCUT2D eigenvalue weighted by atomic mass is 10.0. The fraction of sp³-hybridized carbons (Fsp3) is 0.885. The van der Waals surface area contributed by atoms with Crippen LogP contribution in [0.3, 0.4) is 0 Å². The number of phosphoric ester groups is 1. The van der Waals surface area contributed by atoms with Crippen LogP contribution in [0.1, 0.15) is 245 Å². The molecule has 1 unspecified atom stereocenters. The monoisotopic (exact) mass is 899 g/mol. The lowest BCUT2D eigenvalue weighted by Crippen LogP contribution is -2.37. The van der Waals surface area contributed by atoms with Crippen LogP contribution in [-0.2, 0) is 32.7 Å². The van der Waals surface area contributed by atoms with Crippen LogP contribution < -0.4 is 0 Å². The molecule has 0 heterocycles. The number of esters is 2. The number of rotatable bonds is 48. The second-order valence-electron chi connectivity index (χ2n) is 18.9. The van der Waals surface area contributed by atoms with Gasteiger partial charge >= 0.3 is 19.8 Å². The fourth-order valence-electron chi connectivity index (χ4n) is 7.37. The molecule has 366 valence electrons. The SMILES string of the molecule is CCCCCCCCCCC/C=C/CCCCC(=O)O[C@@H](COC(=O)CCC/C=C/CCCCCCCCCCCCCCCCCCCC)COP(=O)(O)OCC[N+](C)(C)C. The Hall–Kier alpha value is -1.51. The average Bonchev–Trinajstić information content (AvgIpc) is 3.23. The molecule has 0 fully saturated rings. The minimum atomic E-state index is -4.39. The average molecular weight is 899 g/mol. The van der Waals surface area contributed by atoms with Crippen LogP contribution in [0.15, 0.2) is 24.3 Å². The number of nitrogens with zero attached hydrogens (tertiary/aromatic N) is 1. The zero-order chi connectivity index (χ0) is 45.7. The molecule has 0 aromatic carbocycles. The van der Waals surface area contributed by atoms with Crippen LogP contribution in [0.5, 0.6) is 0 Å². The summed E-state index contributed by atoms with van der Waals surface area (Å²) in [6, 6.07) is 0. The van der Waals surface area contributed by atoms with Crippen LogP contribution in [0.4, 0.5) is 0 Å². The highest BCUT2D eigenvalue weighted by molar-refractivity contribution is 7.47. The lowest BCUT2D eigenvalue weighted by Gasteiger charge is -2.24. The van der Waals surface area contributed by atoms with E-state index in [1.54, 1.807) is 0 Å². The second kappa shape index (κ2) is 44.7. The van der Waals surface area contributed by atoms with Gasteiger partial charge in [0, 0.05) is 12.8 Å². The molecule has 0 spiro atoms. The molecule has 0 aromatic rings. The van der Waals surface area contributed by atoms with Crippen LogP contribution in [0.25, 0.3) is 0 Å². The smallest absolute Gasteiger partial charge is 0.462 e. The van der Waals surface area contributed by atoms with Crippen molar-refractivity contribution >= 4 is 19.8 Å². The summed E-state index contributed by atoms with van der Waals surface area (Å²) in [6.07, 6.45) is 51.1. The highest BCUT2D eigenvalue weighted by Gasteiger charge is 2.27. The maximum absolute atomic E-state index is 12.7. The third-order valence-corrected chi connectivity index (χ3v) is 12.4. The molecule has 0 saturated carbocycles. The van der Waals surface area contributed by atoms with E-state index in [9.17, 15) is 19.0 Å². The number of carbonyl (C=O) groups is 2. The number of hydrogen-bond donors (Lipinski definition) is 1. The number of phosphoric acid groups is 1. The van der Waals surface area contributed by atoms with Gasteiger partial charge in [0.2, 0.25) is 0 Å². The van der Waals surface area contributed by atoms with Gasteiger partial charge in [0.1, 0.15) is 19.8 Å². The Bertz CT molecular complexity index is 1110. The van der Waals surface area contributed by atoms with Gasteiger partial charge in [0.25, 0.3) is 0 Å². The molecule has 2 atom stereocenters. The molecule has 0 bridgehead atoms. The Morgan fingerprint density at radius 2 is 0.839 bits per heavy atom. The first kappa shape index (κ1) is 60.5. The lowest BCUT2D eigenvalue weighted by molar-refractivity contribution is -0.870. The van der Waals surface area contributed by atoms with Crippen molar-refractivity contribution < 1.29 is 42.1 Å². The highest BCUT2D eigenvalue weighted by atomic mass is 31.2. The van der Waals surface area contributed by atoms with Crippen molar-refractivity contribution in [2.75, 3.05) is 47.5 Å². The quantitative estimate of drug-likeness (QED) is 0.0211. The highest BCUT2D eigenvalue weighted by Crippen LogP contribution is 2.43. The number of unbranched alkanes of at least 4 members (excludes halogenated alkanes) is 30. The van der Waals surface area contributed by atoms with Crippen molar-refractivity contribution in [1.29, 1.82) is 0 Å². The molecule has 0 aromatic heterocycles. The van der Waals surface area contributed by atoms with E-state index in [1.807, 2.05) is 21.1 Å². The minimum Gasteiger partial charge on any atom is -0.462 e. The van der Waals surface area contributed by atoms with E-state index >= 15 is 0 Å². The van der Waals surface area contributed by atoms with Gasteiger partial charge in [-0.3, -0.25) is 18.6 Å². The Balaban J connectivity index is 4.23. The van der Waals surface area contributed by atoms with Gasteiger partial charge in [-0.15, -0.1) is 0 Å². The Morgan fingerprint density at radius 3 is 1.24 bits per heavy atom. The van der Waals surface area contributed by atoms with E-state index in [4.69, 9.17) is 18.5 Å². The van der Waals surface area contributed by atoms with E-state index in [2.05, 4.69) is 38.2 Å². The summed E-state index contributed by atoms with van der Waals surface area (Å²) in [4.78, 5) is 35.5. The number of ether oxygens (including phenoxy) is 2. The van der Waals surface area contributed by atoms with E-state index in [1.165, 1.54) is 173 Å². The van der Waals surface area contributed by atoms with Crippen molar-refractivity contribution in [3.63, 3.8) is 0 Å². The number of allylic oxidation sites excluding steroid dienone is 4. The summed E-state index contributed by atoms with van der Waals surface area (Å²) in [5.41, 5.74) is 0. The van der Waals surface area contributed by atoms with Crippen molar-refractivity contribution in [1.82, 2.24) is 0 Å². The maximum atomic E-state index is 12.7. The summed E-state index contributed by atoms with van der Waals surface area (Å²) in [7, 11) is 1.46. The number of carbonyl (C=O) groups excluding carboxylic acids is 2. The van der Waals surface area contributed by atoms with E-state index in [-0.39, 0.29) is 26.1 Å². The van der Waals surface area contributed by atoms with Crippen molar-refractivity contribution in [3.05, 3.63) is 24.3 Å². The maximum Gasteiger partial charge on any atom is 0.472 e. The largest absolute Gasteiger partial charge is 0.472 e. The summed E-state index contributed by atoms with van der Waals surface area (Å²) in [6.45, 7) is 4.41. The van der Waals surface area contributed by atoms with Gasteiger partial charge in [-0.05, 0) is 57.8 Å². The van der Waals surface area contributed by atoms with Gasteiger partial charge in [-0.1, -0.05) is 199 Å². The summed E-state index contributed by atoms with van der Waals surface area (Å²) in [5.74, 6) is -0.851. The van der Waals surface area contributed by atoms with E-state index < -0.39 is 32.5 Å². The predicted molar refractivity (Wildman–Crippen MR) is 261 cm³/mol. The molecule has 0 rings (SSSR count).